The lowest BCUT2D eigenvalue weighted by molar-refractivity contribution is 0.100. The zero-order chi connectivity index (χ0) is 19.7. The van der Waals surface area contributed by atoms with E-state index in [1.54, 1.807) is 12.3 Å². The number of fused-ring (bicyclic) bond motifs is 1. The summed E-state index contributed by atoms with van der Waals surface area (Å²) in [6.07, 6.45) is 1.80. The van der Waals surface area contributed by atoms with E-state index in [-0.39, 0.29) is 0 Å². The lowest BCUT2D eigenvalue weighted by atomic mass is 10.1. The van der Waals surface area contributed by atoms with E-state index in [1.807, 2.05) is 54.8 Å². The maximum absolute atomic E-state index is 11.8. The van der Waals surface area contributed by atoms with E-state index < -0.39 is 5.91 Å². The van der Waals surface area contributed by atoms with Gasteiger partial charge in [-0.2, -0.15) is 4.98 Å². The Hall–Kier alpha value is -3.67. The summed E-state index contributed by atoms with van der Waals surface area (Å²) in [6.45, 7) is 4.61. The highest BCUT2D eigenvalue weighted by atomic mass is 16.1. The molecule has 0 saturated heterocycles. The lowest BCUT2D eigenvalue weighted by Gasteiger charge is -2.12. The predicted molar refractivity (Wildman–Crippen MR) is 111 cm³/mol. The van der Waals surface area contributed by atoms with E-state index in [4.69, 9.17) is 10.7 Å². The Bertz CT molecular complexity index is 1160. The minimum Gasteiger partial charge on any atom is -0.366 e. The van der Waals surface area contributed by atoms with Gasteiger partial charge in [0.05, 0.1) is 5.52 Å². The van der Waals surface area contributed by atoms with Crippen molar-refractivity contribution in [2.75, 3.05) is 5.32 Å². The third-order valence-electron chi connectivity index (χ3n) is 4.76. The number of hydrogen-bond donors (Lipinski definition) is 2. The zero-order valence-corrected chi connectivity index (χ0v) is 15.8. The molecule has 140 valence electrons. The predicted octanol–water partition coefficient (Wildman–Crippen LogP) is 3.75. The Balaban J connectivity index is 1.75. The van der Waals surface area contributed by atoms with Gasteiger partial charge in [-0.25, -0.2) is 4.98 Å². The van der Waals surface area contributed by atoms with E-state index in [0.717, 1.165) is 28.0 Å². The van der Waals surface area contributed by atoms with Gasteiger partial charge in [0.1, 0.15) is 5.82 Å². The maximum atomic E-state index is 11.8. The highest BCUT2D eigenvalue weighted by Gasteiger charge is 2.15. The molecule has 0 fully saturated rings. The normalized spacial score (nSPS) is 10.9. The van der Waals surface area contributed by atoms with Crippen LogP contribution in [0.5, 0.6) is 0 Å². The summed E-state index contributed by atoms with van der Waals surface area (Å²) in [5, 5.41) is 4.19. The van der Waals surface area contributed by atoms with Gasteiger partial charge in [0.2, 0.25) is 11.9 Å². The second-order valence-corrected chi connectivity index (χ2v) is 6.76. The van der Waals surface area contributed by atoms with Crippen LogP contribution in [0.3, 0.4) is 0 Å². The van der Waals surface area contributed by atoms with Crippen LogP contribution in [0.15, 0.2) is 60.8 Å². The molecule has 0 atom stereocenters. The van der Waals surface area contributed by atoms with E-state index in [1.165, 1.54) is 5.56 Å². The standard InChI is InChI=1S/C22H21N5O/c1-14-12-25-22(26-21(14)24-13-16-7-4-3-5-8-16)27-15(2)11-18-17(20(23)28)9-6-10-19(18)27/h3-12H,13H2,1-2H3,(H2,23,28)(H,24,25,26). The minimum atomic E-state index is -0.446. The van der Waals surface area contributed by atoms with Crippen molar-refractivity contribution in [1.29, 1.82) is 0 Å². The van der Waals surface area contributed by atoms with Crippen LogP contribution in [-0.2, 0) is 6.54 Å². The summed E-state index contributed by atoms with van der Waals surface area (Å²) < 4.78 is 1.94. The summed E-state index contributed by atoms with van der Waals surface area (Å²) in [7, 11) is 0. The average Bonchev–Trinajstić information content (AvgIpc) is 3.04. The molecular formula is C22H21N5O. The van der Waals surface area contributed by atoms with Crippen LogP contribution >= 0.6 is 0 Å². The van der Waals surface area contributed by atoms with Gasteiger partial charge in [-0.3, -0.25) is 9.36 Å². The number of benzene rings is 2. The van der Waals surface area contributed by atoms with Crippen LogP contribution in [0, 0.1) is 13.8 Å². The number of hydrogen-bond acceptors (Lipinski definition) is 4. The highest BCUT2D eigenvalue weighted by Crippen LogP contribution is 2.26. The highest BCUT2D eigenvalue weighted by molar-refractivity contribution is 6.06. The topological polar surface area (TPSA) is 85.8 Å². The van der Waals surface area contributed by atoms with Gasteiger partial charge in [-0.15, -0.1) is 0 Å². The number of nitrogens with zero attached hydrogens (tertiary/aromatic N) is 3. The van der Waals surface area contributed by atoms with E-state index in [9.17, 15) is 4.79 Å². The first-order chi connectivity index (χ1) is 13.5. The number of carbonyl (C=O) groups is 1. The van der Waals surface area contributed by atoms with Crippen LogP contribution in [0.25, 0.3) is 16.9 Å². The molecule has 0 aliphatic carbocycles. The van der Waals surface area contributed by atoms with Crippen LogP contribution in [0.1, 0.15) is 27.2 Å². The zero-order valence-electron chi connectivity index (χ0n) is 15.8. The fourth-order valence-corrected chi connectivity index (χ4v) is 3.34. The second-order valence-electron chi connectivity index (χ2n) is 6.76. The third-order valence-corrected chi connectivity index (χ3v) is 4.76. The Morgan fingerprint density at radius 1 is 1.11 bits per heavy atom. The Morgan fingerprint density at radius 2 is 1.89 bits per heavy atom. The average molecular weight is 371 g/mol. The van der Waals surface area contributed by atoms with Crippen molar-refractivity contribution in [3.05, 3.63) is 83.2 Å². The summed E-state index contributed by atoms with van der Waals surface area (Å²) >= 11 is 0. The fourth-order valence-electron chi connectivity index (χ4n) is 3.34. The second kappa shape index (κ2) is 7.15. The molecule has 0 bridgehead atoms. The number of nitrogens with two attached hydrogens (primary N) is 1. The van der Waals surface area contributed by atoms with Crippen LogP contribution in [-0.4, -0.2) is 20.4 Å². The number of primary amides is 1. The number of nitrogens with one attached hydrogen (secondary N) is 1. The summed E-state index contributed by atoms with van der Waals surface area (Å²) in [5.41, 5.74) is 9.95. The molecule has 2 heterocycles. The SMILES string of the molecule is Cc1cnc(-n2c(C)cc3c(C(N)=O)cccc32)nc1NCc1ccccc1. The molecule has 0 saturated carbocycles. The molecule has 0 aliphatic heterocycles. The van der Waals surface area contributed by atoms with Gasteiger partial charge in [-0.05, 0) is 37.6 Å². The van der Waals surface area contributed by atoms with Crippen LogP contribution in [0.4, 0.5) is 5.82 Å². The molecule has 1 amide bonds. The quantitative estimate of drug-likeness (QED) is 0.559. The van der Waals surface area contributed by atoms with E-state index in [0.29, 0.717) is 18.1 Å². The Labute approximate surface area is 163 Å². The number of aromatic nitrogens is 3. The monoisotopic (exact) mass is 371 g/mol. The van der Waals surface area contributed by atoms with Gasteiger partial charge >= 0.3 is 0 Å². The van der Waals surface area contributed by atoms with Gasteiger partial charge in [0.15, 0.2) is 0 Å². The third kappa shape index (κ3) is 3.20. The molecule has 3 N–H and O–H groups in total. The van der Waals surface area contributed by atoms with Gasteiger partial charge < -0.3 is 11.1 Å². The summed E-state index contributed by atoms with van der Waals surface area (Å²) in [5.74, 6) is 0.884. The maximum Gasteiger partial charge on any atom is 0.249 e. The molecule has 2 aromatic carbocycles. The lowest BCUT2D eigenvalue weighted by Crippen LogP contribution is -2.11. The molecule has 4 rings (SSSR count). The molecule has 4 aromatic rings. The molecule has 28 heavy (non-hydrogen) atoms. The van der Waals surface area contributed by atoms with Crippen molar-refractivity contribution in [3.63, 3.8) is 0 Å². The molecule has 2 aromatic heterocycles. The molecular weight excluding hydrogens is 350 g/mol. The number of aryl methyl sites for hydroxylation is 2. The Kier molecular flexibility index (Phi) is 4.53. The summed E-state index contributed by atoms with van der Waals surface area (Å²) in [6, 6.07) is 17.6. The molecule has 0 radical (unpaired) electrons. The summed E-state index contributed by atoms with van der Waals surface area (Å²) in [4.78, 5) is 21.0. The van der Waals surface area contributed by atoms with Crippen molar-refractivity contribution >= 4 is 22.6 Å². The molecule has 0 spiro atoms. The minimum absolute atomic E-state index is 0.446. The van der Waals surface area contributed by atoms with E-state index >= 15 is 0 Å². The smallest absolute Gasteiger partial charge is 0.249 e. The number of carbonyl (C=O) groups excluding carboxylic acids is 1. The largest absolute Gasteiger partial charge is 0.366 e. The van der Waals surface area contributed by atoms with Crippen molar-refractivity contribution in [2.45, 2.75) is 20.4 Å². The molecule has 0 aliphatic rings. The Morgan fingerprint density at radius 3 is 2.64 bits per heavy atom. The number of rotatable bonds is 5. The van der Waals surface area contributed by atoms with Crippen LogP contribution < -0.4 is 11.1 Å². The molecule has 6 heteroatoms. The molecule has 0 unspecified atom stereocenters. The van der Waals surface area contributed by atoms with Crippen molar-refractivity contribution in [3.8, 4) is 5.95 Å². The van der Waals surface area contributed by atoms with E-state index in [2.05, 4.69) is 22.4 Å². The van der Waals surface area contributed by atoms with Crippen molar-refractivity contribution < 1.29 is 4.79 Å². The van der Waals surface area contributed by atoms with Gasteiger partial charge in [-0.1, -0.05) is 36.4 Å². The van der Waals surface area contributed by atoms with Crippen molar-refractivity contribution in [2.24, 2.45) is 5.73 Å². The van der Waals surface area contributed by atoms with Crippen LogP contribution in [0.2, 0.25) is 0 Å². The van der Waals surface area contributed by atoms with Gasteiger partial charge in [0, 0.05) is 34.9 Å². The first kappa shape index (κ1) is 17.7. The first-order valence-electron chi connectivity index (χ1n) is 9.07. The fraction of sp³-hybridized carbons (Fsp3) is 0.136. The molecule has 6 nitrogen and oxygen atoms in total. The number of anilines is 1. The first-order valence-corrected chi connectivity index (χ1v) is 9.07. The van der Waals surface area contributed by atoms with Gasteiger partial charge in [0.25, 0.3) is 0 Å². The number of amides is 1. The van der Waals surface area contributed by atoms with Crippen molar-refractivity contribution in [1.82, 2.24) is 14.5 Å².